The fourth-order valence-corrected chi connectivity index (χ4v) is 3.50. The summed E-state index contributed by atoms with van der Waals surface area (Å²) in [7, 11) is 5.40. The van der Waals surface area contributed by atoms with Crippen LogP contribution in [0.1, 0.15) is 10.4 Å². The van der Waals surface area contributed by atoms with Gasteiger partial charge in [-0.1, -0.05) is 11.8 Å². The lowest BCUT2D eigenvalue weighted by molar-refractivity contribution is 0.0964. The van der Waals surface area contributed by atoms with Crippen molar-refractivity contribution in [1.29, 1.82) is 0 Å². The second-order valence-corrected chi connectivity index (χ2v) is 6.00. The normalized spacial score (nSPS) is 11.8. The molecule has 0 radical (unpaired) electrons. The Morgan fingerprint density at radius 2 is 1.73 bits per heavy atom. The molecule has 1 aliphatic heterocycles. The van der Waals surface area contributed by atoms with Crippen LogP contribution in [0.5, 0.6) is 0 Å². The van der Waals surface area contributed by atoms with Gasteiger partial charge in [-0.15, -0.1) is 0 Å². The van der Waals surface area contributed by atoms with Crippen molar-refractivity contribution >= 4 is 40.4 Å². The highest BCUT2D eigenvalue weighted by Crippen LogP contribution is 2.47. The summed E-state index contributed by atoms with van der Waals surface area (Å²) < 4.78 is 0. The molecule has 0 fully saturated rings. The Labute approximate surface area is 133 Å². The van der Waals surface area contributed by atoms with Gasteiger partial charge in [-0.2, -0.15) is 0 Å². The van der Waals surface area contributed by atoms with E-state index in [4.69, 9.17) is 0 Å². The molecular weight excluding hydrogens is 296 g/mol. The molecule has 5 nitrogen and oxygen atoms in total. The molecule has 2 aromatic carbocycles. The lowest BCUT2D eigenvalue weighted by Gasteiger charge is -2.24. The van der Waals surface area contributed by atoms with E-state index in [1.807, 2.05) is 32.3 Å². The van der Waals surface area contributed by atoms with E-state index in [0.717, 1.165) is 32.5 Å². The lowest BCUT2D eigenvalue weighted by atomic mass is 10.1. The van der Waals surface area contributed by atoms with Crippen molar-refractivity contribution in [3.63, 3.8) is 0 Å². The molecule has 0 aliphatic carbocycles. The molecule has 3 rings (SSSR count). The van der Waals surface area contributed by atoms with Gasteiger partial charge in [0.05, 0.1) is 16.9 Å². The van der Waals surface area contributed by atoms with E-state index in [1.165, 1.54) is 0 Å². The van der Waals surface area contributed by atoms with Crippen LogP contribution in [0, 0.1) is 0 Å². The van der Waals surface area contributed by atoms with E-state index in [2.05, 4.69) is 33.4 Å². The number of anilines is 4. The summed E-state index contributed by atoms with van der Waals surface area (Å²) in [5.74, 6) is -0.100. The first-order chi connectivity index (χ1) is 10.7. The van der Waals surface area contributed by atoms with Crippen molar-refractivity contribution in [2.24, 2.45) is 0 Å². The Kier molecular flexibility index (Phi) is 3.85. The van der Waals surface area contributed by atoms with Crippen LogP contribution in [0.4, 0.5) is 22.7 Å². The molecule has 0 saturated heterocycles. The Morgan fingerprint density at radius 1 is 1.00 bits per heavy atom. The standard InChI is InChI=1S/C16H18N4OS/c1-17-9-4-5-12-13(7-9)22-14-8-10(18-2)6-11(15(14)20-12)16(21)19-3/h4-8,17-18,20H,1-3H3,(H,19,21). The van der Waals surface area contributed by atoms with E-state index in [1.54, 1.807) is 18.8 Å². The number of benzene rings is 2. The quantitative estimate of drug-likeness (QED) is 0.597. The molecule has 1 heterocycles. The van der Waals surface area contributed by atoms with Crippen LogP contribution in [0.15, 0.2) is 40.1 Å². The predicted molar refractivity (Wildman–Crippen MR) is 92.8 cm³/mol. The van der Waals surface area contributed by atoms with Gasteiger partial charge in [0.2, 0.25) is 0 Å². The number of hydrogen-bond acceptors (Lipinski definition) is 5. The SMILES string of the molecule is CNC(=O)c1cc(NC)cc2c1Nc1ccc(NC)cc1S2. The minimum absolute atomic E-state index is 0.100. The molecule has 0 saturated carbocycles. The molecule has 0 aromatic heterocycles. The van der Waals surface area contributed by atoms with Crippen LogP contribution in [-0.2, 0) is 0 Å². The third-order valence-corrected chi connectivity index (χ3v) is 4.71. The molecule has 0 spiro atoms. The molecule has 22 heavy (non-hydrogen) atoms. The van der Waals surface area contributed by atoms with Gasteiger partial charge in [-0.05, 0) is 30.3 Å². The molecule has 0 atom stereocenters. The molecule has 114 valence electrons. The zero-order chi connectivity index (χ0) is 15.7. The average Bonchev–Trinajstić information content (AvgIpc) is 2.57. The van der Waals surface area contributed by atoms with Crippen LogP contribution in [0.3, 0.4) is 0 Å². The fourth-order valence-electron chi connectivity index (χ4n) is 2.40. The van der Waals surface area contributed by atoms with Gasteiger partial charge in [0.1, 0.15) is 0 Å². The summed E-state index contributed by atoms with van der Waals surface area (Å²) in [4.78, 5) is 14.3. The molecule has 0 bridgehead atoms. The van der Waals surface area contributed by atoms with Gasteiger partial charge in [-0.25, -0.2) is 0 Å². The summed E-state index contributed by atoms with van der Waals surface area (Å²) in [5, 5.41) is 12.3. The van der Waals surface area contributed by atoms with E-state index in [0.29, 0.717) is 5.56 Å². The summed E-state index contributed by atoms with van der Waals surface area (Å²) in [6, 6.07) is 10.0. The zero-order valence-corrected chi connectivity index (χ0v) is 13.5. The van der Waals surface area contributed by atoms with E-state index < -0.39 is 0 Å². The summed E-state index contributed by atoms with van der Waals surface area (Å²) in [6.07, 6.45) is 0. The molecule has 1 amide bonds. The third-order valence-electron chi connectivity index (χ3n) is 3.61. The maximum atomic E-state index is 12.2. The lowest BCUT2D eigenvalue weighted by Crippen LogP contribution is -2.20. The molecular formula is C16H18N4OS. The number of amides is 1. The van der Waals surface area contributed by atoms with Crippen molar-refractivity contribution in [1.82, 2.24) is 5.32 Å². The average molecular weight is 314 g/mol. The summed E-state index contributed by atoms with van der Waals surface area (Å²) >= 11 is 1.66. The van der Waals surface area contributed by atoms with Gasteiger partial charge in [0.15, 0.2) is 0 Å². The van der Waals surface area contributed by atoms with E-state index in [9.17, 15) is 4.79 Å². The van der Waals surface area contributed by atoms with Crippen molar-refractivity contribution in [2.45, 2.75) is 9.79 Å². The highest BCUT2D eigenvalue weighted by atomic mass is 32.2. The largest absolute Gasteiger partial charge is 0.388 e. The smallest absolute Gasteiger partial charge is 0.253 e. The van der Waals surface area contributed by atoms with Crippen LogP contribution >= 0.6 is 11.8 Å². The van der Waals surface area contributed by atoms with Crippen LogP contribution < -0.4 is 21.3 Å². The third kappa shape index (κ3) is 2.46. The zero-order valence-electron chi connectivity index (χ0n) is 12.7. The molecule has 2 aromatic rings. The highest BCUT2D eigenvalue weighted by molar-refractivity contribution is 7.99. The molecule has 4 N–H and O–H groups in total. The maximum Gasteiger partial charge on any atom is 0.253 e. The van der Waals surface area contributed by atoms with Crippen LogP contribution in [0.2, 0.25) is 0 Å². The van der Waals surface area contributed by atoms with Gasteiger partial charge in [-0.3, -0.25) is 4.79 Å². The second-order valence-electron chi connectivity index (χ2n) is 4.91. The Bertz CT molecular complexity index is 745. The number of carbonyl (C=O) groups is 1. The number of nitrogens with one attached hydrogen (secondary N) is 4. The van der Waals surface area contributed by atoms with E-state index in [-0.39, 0.29) is 5.91 Å². The van der Waals surface area contributed by atoms with Crippen LogP contribution in [-0.4, -0.2) is 27.1 Å². The molecule has 1 aliphatic rings. The predicted octanol–water partition coefficient (Wildman–Crippen LogP) is 3.34. The van der Waals surface area contributed by atoms with Crippen molar-refractivity contribution < 1.29 is 4.79 Å². The Morgan fingerprint density at radius 3 is 2.41 bits per heavy atom. The van der Waals surface area contributed by atoms with Crippen molar-refractivity contribution in [2.75, 3.05) is 37.1 Å². The topological polar surface area (TPSA) is 65.2 Å². The van der Waals surface area contributed by atoms with Crippen LogP contribution in [0.25, 0.3) is 0 Å². The summed E-state index contributed by atoms with van der Waals surface area (Å²) in [6.45, 7) is 0. The van der Waals surface area contributed by atoms with Gasteiger partial charge < -0.3 is 21.3 Å². The van der Waals surface area contributed by atoms with Gasteiger partial charge in [0.25, 0.3) is 5.91 Å². The van der Waals surface area contributed by atoms with E-state index >= 15 is 0 Å². The number of carbonyl (C=O) groups excluding carboxylic acids is 1. The molecule has 6 heteroatoms. The minimum Gasteiger partial charge on any atom is -0.388 e. The Hall–Kier alpha value is -2.34. The number of fused-ring (bicyclic) bond motifs is 2. The maximum absolute atomic E-state index is 12.2. The highest BCUT2D eigenvalue weighted by Gasteiger charge is 2.22. The van der Waals surface area contributed by atoms with Gasteiger partial charge >= 0.3 is 0 Å². The first-order valence-electron chi connectivity index (χ1n) is 7.01. The Balaban J connectivity index is 2.10. The van der Waals surface area contributed by atoms with Crippen molar-refractivity contribution in [3.05, 3.63) is 35.9 Å². The minimum atomic E-state index is -0.100. The molecule has 0 unspecified atom stereocenters. The monoisotopic (exact) mass is 314 g/mol. The number of rotatable bonds is 3. The van der Waals surface area contributed by atoms with Gasteiger partial charge in [0, 0.05) is 42.3 Å². The van der Waals surface area contributed by atoms with Crippen molar-refractivity contribution in [3.8, 4) is 0 Å². The number of hydrogen-bond donors (Lipinski definition) is 4. The second kappa shape index (κ2) is 5.81. The first-order valence-corrected chi connectivity index (χ1v) is 7.82. The summed E-state index contributed by atoms with van der Waals surface area (Å²) in [5.41, 5.74) is 4.49. The first kappa shape index (κ1) is 14.6. The fraction of sp³-hybridized carbons (Fsp3) is 0.188.